The van der Waals surface area contributed by atoms with E-state index in [1.54, 1.807) is 35.7 Å². The SMILES string of the molecule is COc1ccc([C@H]2CC(=O)Nc3c(S(=O)(=O)c4ccc(C)cc4)csc32)c(OC)c1OC. The number of anilines is 1. The van der Waals surface area contributed by atoms with Crippen molar-refractivity contribution in [2.24, 2.45) is 0 Å². The third-order valence-corrected chi connectivity index (χ3v) is 8.53. The molecule has 1 aliphatic heterocycles. The van der Waals surface area contributed by atoms with Crippen molar-refractivity contribution in [3.05, 3.63) is 57.8 Å². The van der Waals surface area contributed by atoms with Gasteiger partial charge in [0.15, 0.2) is 11.5 Å². The van der Waals surface area contributed by atoms with E-state index in [9.17, 15) is 13.2 Å². The summed E-state index contributed by atoms with van der Waals surface area (Å²) in [6, 6.07) is 10.2. The molecule has 4 rings (SSSR count). The molecule has 0 fully saturated rings. The molecule has 168 valence electrons. The van der Waals surface area contributed by atoms with Crippen LogP contribution in [0.4, 0.5) is 5.69 Å². The Kier molecular flexibility index (Phi) is 5.87. The summed E-state index contributed by atoms with van der Waals surface area (Å²) in [5.41, 5.74) is 2.02. The number of rotatable bonds is 6. The van der Waals surface area contributed by atoms with Gasteiger partial charge in [-0.2, -0.15) is 0 Å². The minimum absolute atomic E-state index is 0.0962. The van der Waals surface area contributed by atoms with E-state index in [-0.39, 0.29) is 28.0 Å². The second-order valence-corrected chi connectivity index (χ2v) is 10.2. The first-order chi connectivity index (χ1) is 15.3. The molecule has 1 amide bonds. The summed E-state index contributed by atoms with van der Waals surface area (Å²) in [6.45, 7) is 1.89. The van der Waals surface area contributed by atoms with Crippen LogP contribution in [0.25, 0.3) is 0 Å². The maximum absolute atomic E-state index is 13.3. The predicted molar refractivity (Wildman–Crippen MR) is 122 cm³/mol. The number of amides is 1. The molecular weight excluding hydrogens is 450 g/mol. The standard InChI is InChI=1S/C23H23NO6S2/c1-13-5-7-14(8-6-13)32(26,27)18-12-31-23-16(11-19(25)24-20(18)23)15-9-10-17(28-2)22(30-4)21(15)29-3/h5-10,12,16H,11H2,1-4H3,(H,24,25)/t16-/m1/s1. The zero-order valence-electron chi connectivity index (χ0n) is 18.1. The van der Waals surface area contributed by atoms with Crippen LogP contribution in [-0.4, -0.2) is 35.7 Å². The van der Waals surface area contributed by atoms with Gasteiger partial charge in [0.25, 0.3) is 0 Å². The first-order valence-corrected chi connectivity index (χ1v) is 12.2. The number of carbonyl (C=O) groups is 1. The molecule has 7 nitrogen and oxygen atoms in total. The molecule has 0 saturated carbocycles. The lowest BCUT2D eigenvalue weighted by molar-refractivity contribution is -0.116. The number of hydrogen-bond acceptors (Lipinski definition) is 7. The average molecular weight is 474 g/mol. The second-order valence-electron chi connectivity index (χ2n) is 7.38. The van der Waals surface area contributed by atoms with Gasteiger partial charge in [-0.1, -0.05) is 23.8 Å². The lowest BCUT2D eigenvalue weighted by Crippen LogP contribution is -2.23. The maximum Gasteiger partial charge on any atom is 0.225 e. The van der Waals surface area contributed by atoms with Crippen molar-refractivity contribution in [1.82, 2.24) is 0 Å². The molecule has 0 aliphatic carbocycles. The van der Waals surface area contributed by atoms with Crippen LogP contribution in [0.1, 0.15) is 28.3 Å². The van der Waals surface area contributed by atoms with Gasteiger partial charge in [0, 0.05) is 28.2 Å². The van der Waals surface area contributed by atoms with E-state index in [4.69, 9.17) is 14.2 Å². The van der Waals surface area contributed by atoms with Gasteiger partial charge in [0.1, 0.15) is 4.90 Å². The van der Waals surface area contributed by atoms with Crippen molar-refractivity contribution >= 4 is 32.8 Å². The molecular formula is C23H23NO6S2. The molecule has 3 aromatic rings. The van der Waals surface area contributed by atoms with Gasteiger partial charge < -0.3 is 19.5 Å². The van der Waals surface area contributed by atoms with E-state index in [1.807, 2.05) is 13.0 Å². The molecule has 0 saturated heterocycles. The van der Waals surface area contributed by atoms with Crippen molar-refractivity contribution in [3.8, 4) is 17.2 Å². The zero-order chi connectivity index (χ0) is 23.0. The molecule has 0 spiro atoms. The normalized spacial score (nSPS) is 15.6. The first-order valence-electron chi connectivity index (χ1n) is 9.83. The van der Waals surface area contributed by atoms with Crippen LogP contribution in [0.2, 0.25) is 0 Å². The van der Waals surface area contributed by atoms with Gasteiger partial charge in [-0.15, -0.1) is 11.3 Å². The Labute approximate surface area is 190 Å². The predicted octanol–water partition coefficient (Wildman–Crippen LogP) is 4.39. The van der Waals surface area contributed by atoms with Crippen molar-refractivity contribution < 1.29 is 27.4 Å². The van der Waals surface area contributed by atoms with E-state index in [1.165, 1.54) is 32.7 Å². The summed E-state index contributed by atoms with van der Waals surface area (Å²) >= 11 is 1.30. The van der Waals surface area contributed by atoms with Crippen molar-refractivity contribution in [3.63, 3.8) is 0 Å². The minimum Gasteiger partial charge on any atom is -0.493 e. The number of benzene rings is 2. The largest absolute Gasteiger partial charge is 0.493 e. The van der Waals surface area contributed by atoms with Gasteiger partial charge in [0.05, 0.1) is 31.9 Å². The highest BCUT2D eigenvalue weighted by molar-refractivity contribution is 7.91. The summed E-state index contributed by atoms with van der Waals surface area (Å²) in [5, 5.41) is 4.37. The summed E-state index contributed by atoms with van der Waals surface area (Å²) in [6.07, 6.45) is 0.156. The lowest BCUT2D eigenvalue weighted by atomic mass is 9.89. The van der Waals surface area contributed by atoms with Crippen molar-refractivity contribution in [1.29, 1.82) is 0 Å². The fourth-order valence-corrected chi connectivity index (χ4v) is 6.80. The number of methoxy groups -OCH3 is 3. The molecule has 0 unspecified atom stereocenters. The van der Waals surface area contributed by atoms with Crippen LogP contribution in [0.3, 0.4) is 0 Å². The molecule has 9 heteroatoms. The monoisotopic (exact) mass is 473 g/mol. The van der Waals surface area contributed by atoms with Crippen LogP contribution >= 0.6 is 11.3 Å². The van der Waals surface area contributed by atoms with Crippen LogP contribution in [0.15, 0.2) is 51.6 Å². The topological polar surface area (TPSA) is 90.9 Å². The number of sulfone groups is 1. The number of carbonyl (C=O) groups excluding carboxylic acids is 1. The molecule has 1 atom stereocenters. The Morgan fingerprint density at radius 3 is 2.28 bits per heavy atom. The van der Waals surface area contributed by atoms with E-state index in [0.717, 1.165) is 16.0 Å². The molecule has 32 heavy (non-hydrogen) atoms. The number of nitrogens with one attached hydrogen (secondary N) is 1. The van der Waals surface area contributed by atoms with Crippen LogP contribution < -0.4 is 19.5 Å². The number of aryl methyl sites for hydroxylation is 1. The van der Waals surface area contributed by atoms with Gasteiger partial charge in [-0.25, -0.2) is 8.42 Å². The first kappa shape index (κ1) is 22.2. The lowest BCUT2D eigenvalue weighted by Gasteiger charge is -2.26. The van der Waals surface area contributed by atoms with Crippen LogP contribution in [-0.2, 0) is 14.6 Å². The Morgan fingerprint density at radius 2 is 1.66 bits per heavy atom. The fourth-order valence-electron chi connectivity index (χ4n) is 3.90. The molecule has 2 aromatic carbocycles. The van der Waals surface area contributed by atoms with Gasteiger partial charge in [-0.05, 0) is 25.1 Å². The third-order valence-electron chi connectivity index (χ3n) is 5.49. The number of fused-ring (bicyclic) bond motifs is 1. The summed E-state index contributed by atoms with van der Waals surface area (Å²) in [5.74, 6) is 0.721. The van der Waals surface area contributed by atoms with E-state index in [2.05, 4.69) is 5.32 Å². The average Bonchev–Trinajstić information content (AvgIpc) is 3.22. The molecule has 0 bridgehead atoms. The highest BCUT2D eigenvalue weighted by Gasteiger charge is 2.36. The maximum atomic E-state index is 13.3. The smallest absolute Gasteiger partial charge is 0.225 e. The molecule has 0 radical (unpaired) electrons. The Balaban J connectivity index is 1.86. The number of hydrogen-bond donors (Lipinski definition) is 1. The van der Waals surface area contributed by atoms with Crippen molar-refractivity contribution in [2.45, 2.75) is 29.1 Å². The van der Waals surface area contributed by atoms with Gasteiger partial charge in [0.2, 0.25) is 21.5 Å². The Bertz CT molecular complexity index is 1280. The minimum atomic E-state index is -3.80. The quantitative estimate of drug-likeness (QED) is 0.571. The van der Waals surface area contributed by atoms with Crippen LogP contribution in [0.5, 0.6) is 17.2 Å². The summed E-state index contributed by atoms with van der Waals surface area (Å²) in [4.78, 5) is 13.7. The fraction of sp³-hybridized carbons (Fsp3) is 0.261. The number of ether oxygens (including phenoxy) is 3. The molecule has 1 aliphatic rings. The zero-order valence-corrected chi connectivity index (χ0v) is 19.7. The third kappa shape index (κ3) is 3.61. The van der Waals surface area contributed by atoms with E-state index in [0.29, 0.717) is 22.9 Å². The second kappa shape index (κ2) is 8.48. The molecule has 2 heterocycles. The summed E-state index contributed by atoms with van der Waals surface area (Å²) < 4.78 is 43.1. The van der Waals surface area contributed by atoms with E-state index >= 15 is 0 Å². The highest BCUT2D eigenvalue weighted by Crippen LogP contribution is 2.51. The Morgan fingerprint density at radius 1 is 0.969 bits per heavy atom. The van der Waals surface area contributed by atoms with Crippen molar-refractivity contribution in [2.75, 3.05) is 26.6 Å². The number of thiophene rings is 1. The van der Waals surface area contributed by atoms with Crippen LogP contribution in [0, 0.1) is 6.92 Å². The molecule has 1 N–H and O–H groups in total. The van der Waals surface area contributed by atoms with Gasteiger partial charge in [-0.3, -0.25) is 4.79 Å². The Hall–Kier alpha value is -3.04. The highest BCUT2D eigenvalue weighted by atomic mass is 32.2. The van der Waals surface area contributed by atoms with Gasteiger partial charge >= 0.3 is 0 Å². The molecule has 1 aromatic heterocycles. The summed E-state index contributed by atoms with van der Waals surface area (Å²) in [7, 11) is 0.765. The van der Waals surface area contributed by atoms with E-state index < -0.39 is 9.84 Å².